The lowest BCUT2D eigenvalue weighted by atomic mass is 9.96. The largest absolute Gasteiger partial charge is 0.322 e. The van der Waals surface area contributed by atoms with Crippen molar-refractivity contribution in [3.63, 3.8) is 0 Å². The van der Waals surface area contributed by atoms with Crippen LogP contribution in [0.4, 0.5) is 4.79 Å². The van der Waals surface area contributed by atoms with Crippen LogP contribution in [0, 0.1) is 0 Å². The van der Waals surface area contributed by atoms with Gasteiger partial charge in [0.1, 0.15) is 5.54 Å². The molecule has 5 nitrogen and oxygen atoms in total. The molecule has 1 saturated heterocycles. The van der Waals surface area contributed by atoms with Crippen LogP contribution in [0.5, 0.6) is 0 Å². The predicted octanol–water partition coefficient (Wildman–Crippen LogP) is 0.562. The van der Waals surface area contributed by atoms with Crippen molar-refractivity contribution in [2.45, 2.75) is 32.7 Å². The number of rotatable bonds is 3. The molecule has 1 aliphatic heterocycles. The Kier molecular flexibility index (Phi) is 5.28. The third kappa shape index (κ3) is 3.20. The minimum Gasteiger partial charge on any atom is -0.322 e. The van der Waals surface area contributed by atoms with Crippen LogP contribution in [0.1, 0.15) is 27.2 Å². The maximum Gasteiger partial charge on any atom is 0.322 e. The number of hydrogen-bond acceptors (Lipinski definition) is 3. The highest BCUT2D eigenvalue weighted by Crippen LogP contribution is 2.15. The van der Waals surface area contributed by atoms with E-state index >= 15 is 0 Å². The van der Waals surface area contributed by atoms with Gasteiger partial charge in [-0.2, -0.15) is 0 Å². The van der Waals surface area contributed by atoms with Crippen molar-refractivity contribution in [1.29, 1.82) is 0 Å². The highest BCUT2D eigenvalue weighted by Gasteiger charge is 2.44. The lowest BCUT2D eigenvalue weighted by Gasteiger charge is -2.27. The molecule has 1 fully saturated rings. The summed E-state index contributed by atoms with van der Waals surface area (Å²) in [6, 6.07) is -0.395. The molecule has 15 heavy (non-hydrogen) atoms. The van der Waals surface area contributed by atoms with Gasteiger partial charge in [0.05, 0.1) is 0 Å². The number of carbonyl (C=O) groups is 2. The van der Waals surface area contributed by atoms with E-state index in [2.05, 4.69) is 10.6 Å². The van der Waals surface area contributed by atoms with Crippen molar-refractivity contribution in [3.8, 4) is 0 Å². The number of amides is 3. The van der Waals surface area contributed by atoms with Crippen LogP contribution in [0.15, 0.2) is 0 Å². The SMILES string of the molecule is CC.CCC1(CN(C)C)NC(=O)NC1=O. The summed E-state index contributed by atoms with van der Waals surface area (Å²) >= 11 is 0. The van der Waals surface area contributed by atoms with Gasteiger partial charge < -0.3 is 10.2 Å². The Balaban J connectivity index is 0.000000921. The normalized spacial score (nSPS) is 24.4. The second kappa shape index (κ2) is 5.70. The number of nitrogens with one attached hydrogen (secondary N) is 2. The molecular weight excluding hydrogens is 194 g/mol. The van der Waals surface area contributed by atoms with Gasteiger partial charge in [-0.25, -0.2) is 4.79 Å². The van der Waals surface area contributed by atoms with E-state index in [-0.39, 0.29) is 5.91 Å². The van der Waals surface area contributed by atoms with E-state index in [1.54, 1.807) is 0 Å². The molecule has 1 unspecified atom stereocenters. The van der Waals surface area contributed by atoms with E-state index in [0.717, 1.165) is 0 Å². The molecule has 5 heteroatoms. The van der Waals surface area contributed by atoms with Gasteiger partial charge in [-0.15, -0.1) is 0 Å². The minimum absolute atomic E-state index is 0.228. The first kappa shape index (κ1) is 13.9. The molecule has 0 aromatic carbocycles. The first-order chi connectivity index (χ1) is 7.00. The third-order valence-corrected chi connectivity index (χ3v) is 2.20. The summed E-state index contributed by atoms with van der Waals surface area (Å²) < 4.78 is 0. The van der Waals surface area contributed by atoms with Crippen LogP contribution in [0.25, 0.3) is 0 Å². The molecule has 0 saturated carbocycles. The summed E-state index contributed by atoms with van der Waals surface area (Å²) in [5.74, 6) is -0.228. The van der Waals surface area contributed by atoms with Crippen molar-refractivity contribution in [1.82, 2.24) is 15.5 Å². The van der Waals surface area contributed by atoms with E-state index in [1.165, 1.54) is 0 Å². The van der Waals surface area contributed by atoms with Crippen LogP contribution in [-0.2, 0) is 4.79 Å². The molecule has 0 bridgehead atoms. The van der Waals surface area contributed by atoms with Crippen LogP contribution in [0.2, 0.25) is 0 Å². The molecule has 1 rings (SSSR count). The number of likely N-dealkylation sites (N-methyl/N-ethyl adjacent to an activating group) is 1. The third-order valence-electron chi connectivity index (χ3n) is 2.20. The molecule has 2 N–H and O–H groups in total. The van der Waals surface area contributed by atoms with Crippen LogP contribution >= 0.6 is 0 Å². The fourth-order valence-electron chi connectivity index (χ4n) is 1.54. The zero-order valence-electron chi connectivity index (χ0n) is 10.2. The average molecular weight is 215 g/mol. The monoisotopic (exact) mass is 215 g/mol. The van der Waals surface area contributed by atoms with Crippen LogP contribution in [0.3, 0.4) is 0 Å². The number of hydrogen-bond donors (Lipinski definition) is 2. The topological polar surface area (TPSA) is 61.4 Å². The van der Waals surface area contributed by atoms with E-state index in [9.17, 15) is 9.59 Å². The molecule has 0 aromatic heterocycles. The zero-order chi connectivity index (χ0) is 12.1. The van der Waals surface area contributed by atoms with Gasteiger partial charge in [0.15, 0.2) is 0 Å². The lowest BCUT2D eigenvalue weighted by molar-refractivity contribution is -0.124. The van der Waals surface area contributed by atoms with Crippen molar-refractivity contribution in [2.75, 3.05) is 20.6 Å². The first-order valence-electron chi connectivity index (χ1n) is 5.28. The standard InChI is InChI=1S/C8H15N3O2.C2H6/c1-4-8(5-11(2)3)6(12)9-7(13)10-8;1-2/h4-5H2,1-3H3,(H2,9,10,12,13);1-2H3. The average Bonchev–Trinajstić information content (AvgIpc) is 2.44. The van der Waals surface area contributed by atoms with Gasteiger partial charge in [-0.3, -0.25) is 10.1 Å². The Bertz CT molecular complexity index is 241. The molecule has 1 atom stereocenters. The molecule has 0 aromatic rings. The summed E-state index contributed by atoms with van der Waals surface area (Å²) in [5.41, 5.74) is -0.736. The maximum atomic E-state index is 11.5. The Morgan fingerprint density at radius 2 is 1.80 bits per heavy atom. The van der Waals surface area contributed by atoms with Crippen molar-refractivity contribution >= 4 is 11.9 Å². The number of imide groups is 1. The highest BCUT2D eigenvalue weighted by atomic mass is 16.2. The summed E-state index contributed by atoms with van der Waals surface area (Å²) in [4.78, 5) is 24.3. The van der Waals surface area contributed by atoms with E-state index in [1.807, 2.05) is 39.8 Å². The second-order valence-electron chi connectivity index (χ2n) is 3.58. The van der Waals surface area contributed by atoms with Gasteiger partial charge in [0, 0.05) is 6.54 Å². The highest BCUT2D eigenvalue weighted by molar-refractivity contribution is 6.07. The second-order valence-corrected chi connectivity index (χ2v) is 3.58. The molecule has 1 heterocycles. The van der Waals surface area contributed by atoms with Crippen LogP contribution < -0.4 is 10.6 Å². The molecule has 1 aliphatic rings. The smallest absolute Gasteiger partial charge is 0.322 e. The minimum atomic E-state index is -0.736. The first-order valence-corrected chi connectivity index (χ1v) is 5.28. The van der Waals surface area contributed by atoms with Crippen molar-refractivity contribution in [3.05, 3.63) is 0 Å². The van der Waals surface area contributed by atoms with Crippen LogP contribution in [-0.4, -0.2) is 43.0 Å². The molecule has 0 radical (unpaired) electrons. The van der Waals surface area contributed by atoms with Gasteiger partial charge in [0.2, 0.25) is 0 Å². The Morgan fingerprint density at radius 3 is 2.07 bits per heavy atom. The quantitative estimate of drug-likeness (QED) is 0.676. The van der Waals surface area contributed by atoms with Gasteiger partial charge >= 0.3 is 6.03 Å². The van der Waals surface area contributed by atoms with Crippen molar-refractivity contribution < 1.29 is 9.59 Å². The molecule has 0 aliphatic carbocycles. The summed E-state index contributed by atoms with van der Waals surface area (Å²) in [5, 5.41) is 4.91. The van der Waals surface area contributed by atoms with Gasteiger partial charge in [-0.05, 0) is 20.5 Å². The lowest BCUT2D eigenvalue weighted by Crippen LogP contribution is -2.53. The Hall–Kier alpha value is -1.10. The number of nitrogens with zero attached hydrogens (tertiary/aromatic N) is 1. The van der Waals surface area contributed by atoms with Crippen molar-refractivity contribution in [2.24, 2.45) is 0 Å². The maximum absolute atomic E-state index is 11.5. The fraction of sp³-hybridized carbons (Fsp3) is 0.800. The Morgan fingerprint density at radius 1 is 1.27 bits per heavy atom. The summed E-state index contributed by atoms with van der Waals surface area (Å²) in [6.45, 7) is 6.41. The van der Waals surface area contributed by atoms with E-state index < -0.39 is 11.6 Å². The zero-order valence-corrected chi connectivity index (χ0v) is 10.2. The molecule has 3 amide bonds. The molecular formula is C10H21N3O2. The fourth-order valence-corrected chi connectivity index (χ4v) is 1.54. The Labute approximate surface area is 91.2 Å². The molecule has 0 spiro atoms. The number of urea groups is 1. The van der Waals surface area contributed by atoms with E-state index in [4.69, 9.17) is 0 Å². The van der Waals surface area contributed by atoms with Gasteiger partial charge in [-0.1, -0.05) is 20.8 Å². The summed E-state index contributed by atoms with van der Waals surface area (Å²) in [7, 11) is 3.74. The van der Waals surface area contributed by atoms with E-state index in [0.29, 0.717) is 13.0 Å². The number of carbonyl (C=O) groups excluding carboxylic acids is 2. The molecule has 88 valence electrons. The van der Waals surface area contributed by atoms with Gasteiger partial charge in [0.25, 0.3) is 5.91 Å². The predicted molar refractivity (Wildman–Crippen MR) is 59.6 cm³/mol. The summed E-state index contributed by atoms with van der Waals surface area (Å²) in [6.07, 6.45) is 0.600.